The van der Waals surface area contributed by atoms with Crippen molar-refractivity contribution in [1.29, 1.82) is 0 Å². The smallest absolute Gasteiger partial charge is 0.111 e. The van der Waals surface area contributed by atoms with Crippen LogP contribution in [-0.2, 0) is 6.54 Å². The van der Waals surface area contributed by atoms with Crippen molar-refractivity contribution in [2.24, 2.45) is 0 Å². The van der Waals surface area contributed by atoms with Gasteiger partial charge in [0.25, 0.3) is 0 Å². The summed E-state index contributed by atoms with van der Waals surface area (Å²) in [5.74, 6) is 0. The van der Waals surface area contributed by atoms with E-state index in [1.54, 1.807) is 6.07 Å². The highest BCUT2D eigenvalue weighted by molar-refractivity contribution is 6.35. The van der Waals surface area contributed by atoms with Crippen LogP contribution in [0.1, 0.15) is 6.92 Å². The van der Waals surface area contributed by atoms with Crippen LogP contribution in [0.3, 0.4) is 0 Å². The summed E-state index contributed by atoms with van der Waals surface area (Å²) in [5.41, 5.74) is 7.15. The van der Waals surface area contributed by atoms with Gasteiger partial charge >= 0.3 is 0 Å². The van der Waals surface area contributed by atoms with E-state index in [-0.39, 0.29) is 0 Å². The number of nitrogens with zero attached hydrogens (tertiary/aromatic N) is 2. The fourth-order valence-electron chi connectivity index (χ4n) is 1.33. The Labute approximate surface area is 81.1 Å². The van der Waals surface area contributed by atoms with Gasteiger partial charge in [-0.05, 0) is 19.1 Å². The SMILES string of the molecule is CCn1cc2cc(N)cc(Cl)c2n1. The number of aromatic nitrogens is 2. The first kappa shape index (κ1) is 8.38. The van der Waals surface area contributed by atoms with Gasteiger partial charge in [0.1, 0.15) is 5.52 Å². The van der Waals surface area contributed by atoms with Crippen molar-refractivity contribution in [2.45, 2.75) is 13.5 Å². The van der Waals surface area contributed by atoms with Crippen LogP contribution in [0, 0.1) is 0 Å². The molecule has 68 valence electrons. The zero-order valence-corrected chi connectivity index (χ0v) is 8.04. The number of rotatable bonds is 1. The normalized spacial score (nSPS) is 10.9. The van der Waals surface area contributed by atoms with Gasteiger partial charge in [-0.2, -0.15) is 5.10 Å². The van der Waals surface area contributed by atoms with E-state index in [1.165, 1.54) is 0 Å². The Balaban J connectivity index is 2.75. The maximum atomic E-state index is 5.98. The van der Waals surface area contributed by atoms with Crippen molar-refractivity contribution < 1.29 is 0 Å². The Kier molecular flexibility index (Phi) is 1.88. The van der Waals surface area contributed by atoms with Crippen LogP contribution in [0.5, 0.6) is 0 Å². The Morgan fingerprint density at radius 3 is 3.00 bits per heavy atom. The number of halogens is 1. The van der Waals surface area contributed by atoms with Gasteiger partial charge in [0.2, 0.25) is 0 Å². The lowest BCUT2D eigenvalue weighted by atomic mass is 10.2. The van der Waals surface area contributed by atoms with E-state index in [2.05, 4.69) is 5.10 Å². The number of fused-ring (bicyclic) bond motifs is 1. The van der Waals surface area contributed by atoms with Crippen LogP contribution in [0.15, 0.2) is 18.3 Å². The fourth-order valence-corrected chi connectivity index (χ4v) is 1.60. The lowest BCUT2D eigenvalue weighted by Gasteiger charge is -1.94. The van der Waals surface area contributed by atoms with Crippen molar-refractivity contribution in [3.8, 4) is 0 Å². The maximum absolute atomic E-state index is 5.98. The van der Waals surface area contributed by atoms with Crippen LogP contribution in [0.2, 0.25) is 5.02 Å². The third-order valence-corrected chi connectivity index (χ3v) is 2.24. The molecule has 0 radical (unpaired) electrons. The Morgan fingerprint density at radius 2 is 2.31 bits per heavy atom. The molecule has 1 aromatic heterocycles. The minimum absolute atomic E-state index is 0.613. The van der Waals surface area contributed by atoms with Gasteiger partial charge < -0.3 is 5.73 Å². The average molecular weight is 196 g/mol. The molecule has 0 unspecified atom stereocenters. The summed E-state index contributed by atoms with van der Waals surface area (Å²) in [6.45, 7) is 2.87. The number of nitrogen functional groups attached to an aromatic ring is 1. The summed E-state index contributed by atoms with van der Waals surface area (Å²) in [6, 6.07) is 3.59. The maximum Gasteiger partial charge on any atom is 0.111 e. The molecular formula is C9H10ClN3. The molecule has 0 amide bonds. The molecule has 0 spiro atoms. The minimum atomic E-state index is 0.613. The molecular weight excluding hydrogens is 186 g/mol. The molecule has 2 N–H and O–H groups in total. The predicted octanol–water partition coefficient (Wildman–Crippen LogP) is 2.29. The molecule has 2 rings (SSSR count). The van der Waals surface area contributed by atoms with Crippen LogP contribution in [0.4, 0.5) is 5.69 Å². The molecule has 0 aliphatic heterocycles. The second kappa shape index (κ2) is 2.92. The molecule has 1 aromatic carbocycles. The van der Waals surface area contributed by atoms with Gasteiger partial charge in [-0.3, -0.25) is 4.68 Å². The average Bonchev–Trinajstić information content (AvgIpc) is 2.47. The third-order valence-electron chi connectivity index (χ3n) is 1.96. The second-order valence-corrected chi connectivity index (χ2v) is 3.33. The summed E-state index contributed by atoms with van der Waals surface area (Å²) < 4.78 is 1.84. The molecule has 0 bridgehead atoms. The van der Waals surface area contributed by atoms with Crippen molar-refractivity contribution in [3.63, 3.8) is 0 Å². The molecule has 0 fully saturated rings. The molecule has 4 heteroatoms. The number of anilines is 1. The molecule has 13 heavy (non-hydrogen) atoms. The largest absolute Gasteiger partial charge is 0.399 e. The summed E-state index contributed by atoms with van der Waals surface area (Å²) in [6.07, 6.45) is 1.94. The summed E-state index contributed by atoms with van der Waals surface area (Å²) in [5, 5.41) is 5.91. The van der Waals surface area contributed by atoms with Crippen LogP contribution >= 0.6 is 11.6 Å². The second-order valence-electron chi connectivity index (χ2n) is 2.93. The molecule has 2 aromatic rings. The Morgan fingerprint density at radius 1 is 1.54 bits per heavy atom. The summed E-state index contributed by atoms with van der Waals surface area (Å²) in [7, 11) is 0. The van der Waals surface area contributed by atoms with Crippen LogP contribution in [-0.4, -0.2) is 9.78 Å². The van der Waals surface area contributed by atoms with E-state index in [4.69, 9.17) is 17.3 Å². The molecule has 0 aliphatic carbocycles. The molecule has 0 atom stereocenters. The summed E-state index contributed by atoms with van der Waals surface area (Å²) >= 11 is 5.98. The van der Waals surface area contributed by atoms with Crippen molar-refractivity contribution in [2.75, 3.05) is 5.73 Å². The van der Waals surface area contributed by atoms with Crippen LogP contribution in [0.25, 0.3) is 10.9 Å². The molecule has 1 heterocycles. The molecule has 0 aliphatic rings. The Hall–Kier alpha value is -1.22. The van der Waals surface area contributed by atoms with Gasteiger partial charge in [0, 0.05) is 23.8 Å². The Bertz CT molecular complexity index is 447. The lowest BCUT2D eigenvalue weighted by molar-refractivity contribution is 0.668. The van der Waals surface area contributed by atoms with E-state index in [9.17, 15) is 0 Å². The number of hydrogen-bond acceptors (Lipinski definition) is 2. The van der Waals surface area contributed by atoms with Gasteiger partial charge in [-0.25, -0.2) is 0 Å². The number of hydrogen-bond donors (Lipinski definition) is 1. The first-order valence-corrected chi connectivity index (χ1v) is 4.50. The predicted molar refractivity (Wildman–Crippen MR) is 54.8 cm³/mol. The molecule has 0 saturated heterocycles. The monoisotopic (exact) mass is 195 g/mol. The minimum Gasteiger partial charge on any atom is -0.399 e. The van der Waals surface area contributed by atoms with Crippen LogP contribution < -0.4 is 5.73 Å². The summed E-state index contributed by atoms with van der Waals surface area (Å²) in [4.78, 5) is 0. The number of benzene rings is 1. The van der Waals surface area contributed by atoms with E-state index in [0.29, 0.717) is 10.7 Å². The third kappa shape index (κ3) is 1.35. The van der Waals surface area contributed by atoms with Crippen molar-refractivity contribution >= 4 is 28.2 Å². The molecule has 3 nitrogen and oxygen atoms in total. The van der Waals surface area contributed by atoms with Crippen molar-refractivity contribution in [1.82, 2.24) is 9.78 Å². The zero-order chi connectivity index (χ0) is 9.42. The highest BCUT2D eigenvalue weighted by atomic mass is 35.5. The van der Waals surface area contributed by atoms with Gasteiger partial charge in [-0.1, -0.05) is 11.6 Å². The van der Waals surface area contributed by atoms with Gasteiger partial charge in [0.05, 0.1) is 5.02 Å². The van der Waals surface area contributed by atoms with E-state index < -0.39 is 0 Å². The molecule has 0 saturated carbocycles. The van der Waals surface area contributed by atoms with E-state index in [0.717, 1.165) is 17.4 Å². The highest BCUT2D eigenvalue weighted by Crippen LogP contribution is 2.24. The zero-order valence-electron chi connectivity index (χ0n) is 7.29. The van der Waals surface area contributed by atoms with Crippen molar-refractivity contribution in [3.05, 3.63) is 23.4 Å². The topological polar surface area (TPSA) is 43.8 Å². The fraction of sp³-hybridized carbons (Fsp3) is 0.222. The standard InChI is InChI=1S/C9H10ClN3/c1-2-13-5-6-3-7(11)4-8(10)9(6)12-13/h3-5H,2,11H2,1H3. The number of nitrogens with two attached hydrogens (primary N) is 1. The lowest BCUT2D eigenvalue weighted by Crippen LogP contribution is -1.92. The van der Waals surface area contributed by atoms with Gasteiger partial charge in [-0.15, -0.1) is 0 Å². The van der Waals surface area contributed by atoms with E-state index >= 15 is 0 Å². The number of aryl methyl sites for hydroxylation is 1. The van der Waals surface area contributed by atoms with Gasteiger partial charge in [0.15, 0.2) is 0 Å². The van der Waals surface area contributed by atoms with E-state index in [1.807, 2.05) is 23.9 Å². The highest BCUT2D eigenvalue weighted by Gasteiger charge is 2.04. The quantitative estimate of drug-likeness (QED) is 0.710. The first-order valence-electron chi connectivity index (χ1n) is 4.13. The first-order chi connectivity index (χ1) is 6.20.